The molecule has 1 heterocycles. The van der Waals surface area contributed by atoms with Gasteiger partial charge in [-0.15, -0.1) is 0 Å². The lowest BCUT2D eigenvalue weighted by atomic mass is 9.90. The fraction of sp³-hybridized carbons (Fsp3) is 0.385. The van der Waals surface area contributed by atoms with Gasteiger partial charge in [0.15, 0.2) is 0 Å². The maximum Gasteiger partial charge on any atom is 0.234 e. The van der Waals surface area contributed by atoms with E-state index in [0.717, 1.165) is 17.8 Å². The van der Waals surface area contributed by atoms with Crippen molar-refractivity contribution >= 4 is 17.5 Å². The molecule has 2 amide bonds. The van der Waals surface area contributed by atoms with Crippen molar-refractivity contribution in [2.24, 2.45) is 5.73 Å². The third-order valence-corrected chi connectivity index (χ3v) is 3.03. The van der Waals surface area contributed by atoms with Crippen molar-refractivity contribution in [1.29, 1.82) is 0 Å². The lowest BCUT2D eigenvalue weighted by molar-refractivity contribution is -0.134. The minimum absolute atomic E-state index is 0.183. The number of nitrogens with one attached hydrogen (secondary N) is 2. The van der Waals surface area contributed by atoms with Crippen LogP contribution in [0.3, 0.4) is 0 Å². The van der Waals surface area contributed by atoms with Crippen molar-refractivity contribution < 1.29 is 9.59 Å². The molecule has 2 rings (SSSR count). The lowest BCUT2D eigenvalue weighted by Crippen LogP contribution is -2.39. The predicted molar refractivity (Wildman–Crippen MR) is 69.1 cm³/mol. The number of benzene rings is 1. The van der Waals surface area contributed by atoms with Crippen molar-refractivity contribution in [1.82, 2.24) is 5.32 Å². The highest BCUT2D eigenvalue weighted by Gasteiger charge is 2.27. The highest BCUT2D eigenvalue weighted by molar-refractivity contribution is 6.00. The summed E-state index contributed by atoms with van der Waals surface area (Å²) in [6.45, 7) is 1.30. The summed E-state index contributed by atoms with van der Waals surface area (Å²) in [5, 5.41) is 5.53. The van der Waals surface area contributed by atoms with E-state index < -0.39 is 0 Å². The predicted octanol–water partition coefficient (Wildman–Crippen LogP) is 0.577. The van der Waals surface area contributed by atoms with Gasteiger partial charge in [-0.3, -0.25) is 14.9 Å². The molecule has 1 fully saturated rings. The number of hydrogen-bond donors (Lipinski definition) is 3. The van der Waals surface area contributed by atoms with Gasteiger partial charge in [-0.1, -0.05) is 12.1 Å². The molecule has 18 heavy (non-hydrogen) atoms. The molecule has 1 aromatic rings. The van der Waals surface area contributed by atoms with E-state index in [1.165, 1.54) is 0 Å². The van der Waals surface area contributed by atoms with E-state index in [2.05, 4.69) is 10.6 Å². The summed E-state index contributed by atoms with van der Waals surface area (Å²) in [4.78, 5) is 22.8. The zero-order valence-corrected chi connectivity index (χ0v) is 10.1. The van der Waals surface area contributed by atoms with Gasteiger partial charge in [0, 0.05) is 25.2 Å². The number of carbonyl (C=O) groups is 2. The quantitative estimate of drug-likeness (QED) is 0.679. The number of piperidine rings is 1. The fourth-order valence-corrected chi connectivity index (χ4v) is 2.06. The van der Waals surface area contributed by atoms with Crippen LogP contribution in [0.15, 0.2) is 24.3 Å². The Hall–Kier alpha value is -1.88. The molecule has 4 N–H and O–H groups in total. The maximum absolute atomic E-state index is 11.7. The zero-order chi connectivity index (χ0) is 13.0. The van der Waals surface area contributed by atoms with E-state index in [4.69, 9.17) is 5.73 Å². The second-order valence-electron chi connectivity index (χ2n) is 4.34. The Kier molecular flexibility index (Phi) is 3.94. The van der Waals surface area contributed by atoms with Gasteiger partial charge >= 0.3 is 0 Å². The Labute approximate surface area is 106 Å². The molecule has 1 aliphatic rings. The normalized spacial score (nSPS) is 19.5. The van der Waals surface area contributed by atoms with Crippen molar-refractivity contribution in [2.45, 2.75) is 18.8 Å². The highest BCUT2D eigenvalue weighted by Crippen LogP contribution is 2.25. The van der Waals surface area contributed by atoms with Crippen LogP contribution in [0, 0.1) is 0 Å². The van der Waals surface area contributed by atoms with Gasteiger partial charge in [-0.05, 0) is 24.1 Å². The second-order valence-corrected chi connectivity index (χ2v) is 4.34. The van der Waals surface area contributed by atoms with Crippen molar-refractivity contribution in [3.63, 3.8) is 0 Å². The molecule has 1 unspecified atom stereocenters. The molecule has 1 aliphatic heterocycles. The van der Waals surface area contributed by atoms with Gasteiger partial charge < -0.3 is 11.1 Å². The summed E-state index contributed by atoms with van der Waals surface area (Å²) in [6.07, 6.45) is 0.990. The van der Waals surface area contributed by atoms with E-state index in [-0.39, 0.29) is 17.7 Å². The van der Waals surface area contributed by atoms with Gasteiger partial charge in [0.2, 0.25) is 11.8 Å². The molecule has 0 aromatic heterocycles. The molecule has 1 aromatic carbocycles. The Morgan fingerprint density at radius 2 is 2.00 bits per heavy atom. The first-order valence-corrected chi connectivity index (χ1v) is 6.08. The number of hydrogen-bond acceptors (Lipinski definition) is 4. The molecule has 0 bridgehead atoms. The second kappa shape index (κ2) is 5.64. The van der Waals surface area contributed by atoms with Crippen molar-refractivity contribution in [3.8, 4) is 0 Å². The summed E-state index contributed by atoms with van der Waals surface area (Å²) in [7, 11) is 0. The van der Waals surface area contributed by atoms with Gasteiger partial charge in [0.05, 0.1) is 5.92 Å². The summed E-state index contributed by atoms with van der Waals surface area (Å²) in [5.41, 5.74) is 7.33. The molecule has 0 aliphatic carbocycles. The Morgan fingerprint density at radius 3 is 2.61 bits per heavy atom. The number of imide groups is 1. The number of anilines is 1. The number of amides is 2. The summed E-state index contributed by atoms with van der Waals surface area (Å²) in [5.74, 6) is -0.599. The Balaban J connectivity index is 2.05. The molecule has 0 saturated carbocycles. The molecule has 5 heteroatoms. The van der Waals surface area contributed by atoms with Crippen LogP contribution in [0.1, 0.15) is 24.3 Å². The SMILES string of the molecule is NCCNc1ccc(C2CCC(=O)NC2=O)cc1. The zero-order valence-electron chi connectivity index (χ0n) is 10.1. The van der Waals surface area contributed by atoms with E-state index in [9.17, 15) is 9.59 Å². The number of rotatable bonds is 4. The van der Waals surface area contributed by atoms with Crippen LogP contribution >= 0.6 is 0 Å². The van der Waals surface area contributed by atoms with Crippen LogP contribution < -0.4 is 16.4 Å². The monoisotopic (exact) mass is 247 g/mol. The first-order chi connectivity index (χ1) is 8.70. The van der Waals surface area contributed by atoms with E-state index in [1.807, 2.05) is 24.3 Å². The van der Waals surface area contributed by atoms with Crippen LogP contribution in [0.4, 0.5) is 5.69 Å². The molecule has 5 nitrogen and oxygen atoms in total. The van der Waals surface area contributed by atoms with Gasteiger partial charge in [-0.25, -0.2) is 0 Å². The molecular weight excluding hydrogens is 230 g/mol. The maximum atomic E-state index is 11.7. The molecule has 96 valence electrons. The number of nitrogens with two attached hydrogens (primary N) is 1. The standard InChI is InChI=1S/C13H17N3O2/c14-7-8-15-10-3-1-9(2-4-10)11-5-6-12(17)16-13(11)18/h1-4,11,15H,5-8,14H2,(H,16,17,18). The van der Waals surface area contributed by atoms with Crippen LogP contribution in [0.5, 0.6) is 0 Å². The van der Waals surface area contributed by atoms with Crippen LogP contribution in [0.2, 0.25) is 0 Å². The minimum Gasteiger partial charge on any atom is -0.384 e. The molecule has 1 saturated heterocycles. The van der Waals surface area contributed by atoms with E-state index >= 15 is 0 Å². The molecular formula is C13H17N3O2. The van der Waals surface area contributed by atoms with E-state index in [0.29, 0.717) is 19.4 Å². The molecule has 0 radical (unpaired) electrons. The third-order valence-electron chi connectivity index (χ3n) is 3.03. The minimum atomic E-state index is -0.216. The number of carbonyl (C=O) groups excluding carboxylic acids is 2. The molecule has 1 atom stereocenters. The smallest absolute Gasteiger partial charge is 0.234 e. The van der Waals surface area contributed by atoms with Gasteiger partial charge in [-0.2, -0.15) is 0 Å². The first-order valence-electron chi connectivity index (χ1n) is 6.08. The first kappa shape index (κ1) is 12.6. The van der Waals surface area contributed by atoms with Crippen LogP contribution in [-0.4, -0.2) is 24.9 Å². The summed E-state index contributed by atoms with van der Waals surface area (Å²) in [6, 6.07) is 7.68. The van der Waals surface area contributed by atoms with Gasteiger partial charge in [0.1, 0.15) is 0 Å². The fourth-order valence-electron chi connectivity index (χ4n) is 2.06. The van der Waals surface area contributed by atoms with Crippen LogP contribution in [-0.2, 0) is 9.59 Å². The van der Waals surface area contributed by atoms with E-state index in [1.54, 1.807) is 0 Å². The largest absolute Gasteiger partial charge is 0.384 e. The molecule has 0 spiro atoms. The van der Waals surface area contributed by atoms with Gasteiger partial charge in [0.25, 0.3) is 0 Å². The Morgan fingerprint density at radius 1 is 1.28 bits per heavy atom. The average molecular weight is 247 g/mol. The highest BCUT2D eigenvalue weighted by atomic mass is 16.2. The lowest BCUT2D eigenvalue weighted by Gasteiger charge is -2.21. The summed E-state index contributed by atoms with van der Waals surface area (Å²) >= 11 is 0. The third kappa shape index (κ3) is 2.87. The van der Waals surface area contributed by atoms with Crippen molar-refractivity contribution in [3.05, 3.63) is 29.8 Å². The average Bonchev–Trinajstić information content (AvgIpc) is 2.37. The topological polar surface area (TPSA) is 84.2 Å². The van der Waals surface area contributed by atoms with Crippen molar-refractivity contribution in [2.75, 3.05) is 18.4 Å². The Bertz CT molecular complexity index is 442. The van der Waals surface area contributed by atoms with Crippen LogP contribution in [0.25, 0.3) is 0 Å². The summed E-state index contributed by atoms with van der Waals surface area (Å²) < 4.78 is 0.